The molecule has 17 heavy (non-hydrogen) atoms. The number of carbonyl (C=O) groups excluding carboxylic acids is 1. The Kier molecular flexibility index (Phi) is 5.82. The first-order valence-corrected chi connectivity index (χ1v) is 5.47. The maximum absolute atomic E-state index is 11.4. The Morgan fingerprint density at radius 3 is 3.06 bits per heavy atom. The second kappa shape index (κ2) is 7.46. The van der Waals surface area contributed by atoms with Gasteiger partial charge in [-0.15, -0.1) is 6.58 Å². The Labute approximate surface area is 102 Å². The SMILES string of the molecule is C=CCNCC(=O)NCc1cccc(OC)c1. The van der Waals surface area contributed by atoms with Gasteiger partial charge in [-0.2, -0.15) is 0 Å². The number of methoxy groups -OCH3 is 1. The Balaban J connectivity index is 2.33. The molecule has 1 aromatic carbocycles. The summed E-state index contributed by atoms with van der Waals surface area (Å²) < 4.78 is 5.10. The molecule has 0 saturated heterocycles. The summed E-state index contributed by atoms with van der Waals surface area (Å²) >= 11 is 0. The third-order valence-electron chi connectivity index (χ3n) is 2.20. The molecule has 0 fully saturated rings. The van der Waals surface area contributed by atoms with Crippen LogP contribution in [0.1, 0.15) is 5.56 Å². The fourth-order valence-electron chi connectivity index (χ4n) is 1.33. The molecule has 4 heteroatoms. The number of benzene rings is 1. The molecule has 0 spiro atoms. The highest BCUT2D eigenvalue weighted by Gasteiger charge is 2.00. The second-order valence-corrected chi connectivity index (χ2v) is 3.55. The molecule has 1 amide bonds. The molecular weight excluding hydrogens is 216 g/mol. The fourth-order valence-corrected chi connectivity index (χ4v) is 1.33. The number of amides is 1. The molecule has 1 rings (SSSR count). The van der Waals surface area contributed by atoms with Gasteiger partial charge >= 0.3 is 0 Å². The van der Waals surface area contributed by atoms with E-state index in [2.05, 4.69) is 17.2 Å². The van der Waals surface area contributed by atoms with Crippen LogP contribution < -0.4 is 15.4 Å². The Morgan fingerprint density at radius 1 is 1.53 bits per heavy atom. The lowest BCUT2D eigenvalue weighted by Crippen LogP contribution is -2.33. The van der Waals surface area contributed by atoms with Gasteiger partial charge in [0.1, 0.15) is 5.75 Å². The molecule has 0 aliphatic rings. The van der Waals surface area contributed by atoms with E-state index in [0.29, 0.717) is 19.6 Å². The molecule has 4 nitrogen and oxygen atoms in total. The lowest BCUT2D eigenvalue weighted by molar-refractivity contribution is -0.120. The molecule has 0 aliphatic carbocycles. The minimum atomic E-state index is -0.0327. The first-order chi connectivity index (χ1) is 8.26. The zero-order chi connectivity index (χ0) is 12.5. The smallest absolute Gasteiger partial charge is 0.234 e. The molecule has 0 radical (unpaired) electrons. The van der Waals surface area contributed by atoms with E-state index in [4.69, 9.17) is 4.74 Å². The van der Waals surface area contributed by atoms with Crippen LogP contribution in [0.2, 0.25) is 0 Å². The summed E-state index contributed by atoms with van der Waals surface area (Å²) in [5.74, 6) is 0.760. The number of carbonyl (C=O) groups is 1. The van der Waals surface area contributed by atoms with Gasteiger partial charge in [-0.3, -0.25) is 4.79 Å². The normalized spacial score (nSPS) is 9.71. The van der Waals surface area contributed by atoms with Crippen molar-refractivity contribution in [3.8, 4) is 5.75 Å². The molecule has 0 bridgehead atoms. The number of hydrogen-bond acceptors (Lipinski definition) is 3. The number of nitrogens with one attached hydrogen (secondary N) is 2. The Bertz CT molecular complexity index is 377. The van der Waals surface area contributed by atoms with Crippen molar-refractivity contribution >= 4 is 5.91 Å². The third kappa shape index (κ3) is 5.17. The van der Waals surface area contributed by atoms with E-state index in [1.54, 1.807) is 13.2 Å². The molecule has 2 N–H and O–H groups in total. The van der Waals surface area contributed by atoms with Crippen LogP contribution in [-0.4, -0.2) is 26.1 Å². The van der Waals surface area contributed by atoms with Crippen LogP contribution in [-0.2, 0) is 11.3 Å². The van der Waals surface area contributed by atoms with Gasteiger partial charge < -0.3 is 15.4 Å². The largest absolute Gasteiger partial charge is 0.497 e. The standard InChI is InChI=1S/C13H18N2O2/c1-3-7-14-10-13(16)15-9-11-5-4-6-12(8-11)17-2/h3-6,8,14H,1,7,9-10H2,2H3,(H,15,16). The van der Waals surface area contributed by atoms with Crippen molar-refractivity contribution in [2.45, 2.75) is 6.54 Å². The number of rotatable bonds is 7. The zero-order valence-corrected chi connectivity index (χ0v) is 10.0. The summed E-state index contributed by atoms with van der Waals surface area (Å²) in [6, 6.07) is 7.62. The van der Waals surface area contributed by atoms with Gasteiger partial charge in [0.15, 0.2) is 0 Å². The van der Waals surface area contributed by atoms with Gasteiger partial charge in [0.05, 0.1) is 13.7 Å². The highest BCUT2D eigenvalue weighted by atomic mass is 16.5. The van der Waals surface area contributed by atoms with E-state index < -0.39 is 0 Å². The molecule has 0 atom stereocenters. The maximum atomic E-state index is 11.4. The minimum absolute atomic E-state index is 0.0327. The highest BCUT2D eigenvalue weighted by molar-refractivity contribution is 5.77. The van der Waals surface area contributed by atoms with E-state index in [-0.39, 0.29) is 5.91 Å². The van der Waals surface area contributed by atoms with E-state index in [1.165, 1.54) is 0 Å². The van der Waals surface area contributed by atoms with Crippen molar-refractivity contribution in [2.75, 3.05) is 20.2 Å². The Morgan fingerprint density at radius 2 is 2.35 bits per heavy atom. The topological polar surface area (TPSA) is 50.4 Å². The predicted molar refractivity (Wildman–Crippen MR) is 67.9 cm³/mol. The molecule has 0 unspecified atom stereocenters. The lowest BCUT2D eigenvalue weighted by atomic mass is 10.2. The van der Waals surface area contributed by atoms with Crippen LogP contribution in [0.3, 0.4) is 0 Å². The summed E-state index contributed by atoms with van der Waals surface area (Å²) in [6.07, 6.45) is 1.72. The van der Waals surface area contributed by atoms with Crippen molar-refractivity contribution in [2.24, 2.45) is 0 Å². The van der Waals surface area contributed by atoms with Gasteiger partial charge in [-0.25, -0.2) is 0 Å². The maximum Gasteiger partial charge on any atom is 0.234 e. The van der Waals surface area contributed by atoms with E-state index in [1.807, 2.05) is 24.3 Å². The molecule has 0 saturated carbocycles. The average Bonchev–Trinajstić information content (AvgIpc) is 2.37. The summed E-state index contributed by atoms with van der Waals surface area (Å²) in [4.78, 5) is 11.4. The molecule has 0 aromatic heterocycles. The van der Waals surface area contributed by atoms with Crippen molar-refractivity contribution < 1.29 is 9.53 Å². The molecule has 0 aliphatic heterocycles. The van der Waals surface area contributed by atoms with Crippen LogP contribution in [0.5, 0.6) is 5.75 Å². The molecule has 1 aromatic rings. The number of ether oxygens (including phenoxy) is 1. The van der Waals surface area contributed by atoms with Gasteiger partial charge in [0.2, 0.25) is 5.91 Å². The van der Waals surface area contributed by atoms with E-state index in [0.717, 1.165) is 11.3 Å². The fraction of sp³-hybridized carbons (Fsp3) is 0.308. The quantitative estimate of drug-likeness (QED) is 0.548. The summed E-state index contributed by atoms with van der Waals surface area (Å²) in [6.45, 7) is 5.00. The van der Waals surface area contributed by atoms with Crippen LogP contribution in [0.4, 0.5) is 0 Å². The summed E-state index contributed by atoms with van der Waals surface area (Å²) in [5.41, 5.74) is 1.02. The zero-order valence-electron chi connectivity index (χ0n) is 10.0. The van der Waals surface area contributed by atoms with Gasteiger partial charge in [0.25, 0.3) is 0 Å². The minimum Gasteiger partial charge on any atom is -0.497 e. The molecule has 92 valence electrons. The van der Waals surface area contributed by atoms with E-state index in [9.17, 15) is 4.79 Å². The summed E-state index contributed by atoms with van der Waals surface area (Å²) in [5, 5.41) is 5.76. The summed E-state index contributed by atoms with van der Waals surface area (Å²) in [7, 11) is 1.62. The van der Waals surface area contributed by atoms with Crippen molar-refractivity contribution in [1.82, 2.24) is 10.6 Å². The lowest BCUT2D eigenvalue weighted by Gasteiger charge is -2.07. The number of hydrogen-bond donors (Lipinski definition) is 2. The first kappa shape index (κ1) is 13.3. The van der Waals surface area contributed by atoms with Crippen LogP contribution in [0.25, 0.3) is 0 Å². The Hall–Kier alpha value is -1.81. The van der Waals surface area contributed by atoms with Crippen molar-refractivity contribution in [3.63, 3.8) is 0 Å². The molecule has 0 heterocycles. The first-order valence-electron chi connectivity index (χ1n) is 5.47. The van der Waals surface area contributed by atoms with Crippen molar-refractivity contribution in [1.29, 1.82) is 0 Å². The highest BCUT2D eigenvalue weighted by Crippen LogP contribution is 2.11. The molecular formula is C13H18N2O2. The van der Waals surface area contributed by atoms with Crippen LogP contribution >= 0.6 is 0 Å². The van der Waals surface area contributed by atoms with Crippen molar-refractivity contribution in [3.05, 3.63) is 42.5 Å². The average molecular weight is 234 g/mol. The van der Waals surface area contributed by atoms with Gasteiger partial charge in [0, 0.05) is 13.1 Å². The third-order valence-corrected chi connectivity index (χ3v) is 2.20. The van der Waals surface area contributed by atoms with Crippen LogP contribution in [0.15, 0.2) is 36.9 Å². The monoisotopic (exact) mass is 234 g/mol. The van der Waals surface area contributed by atoms with Crippen LogP contribution in [0, 0.1) is 0 Å². The van der Waals surface area contributed by atoms with E-state index >= 15 is 0 Å². The second-order valence-electron chi connectivity index (χ2n) is 3.55. The van der Waals surface area contributed by atoms with Gasteiger partial charge in [-0.05, 0) is 17.7 Å². The predicted octanol–water partition coefficient (Wildman–Crippen LogP) is 1.09. The van der Waals surface area contributed by atoms with Gasteiger partial charge in [-0.1, -0.05) is 18.2 Å².